The summed E-state index contributed by atoms with van der Waals surface area (Å²) < 4.78 is 0.897. The zero-order chi connectivity index (χ0) is 12.3. The predicted molar refractivity (Wildman–Crippen MR) is 79.3 cm³/mol. The molecule has 0 aliphatic rings. The molecule has 17 heavy (non-hydrogen) atoms. The van der Waals surface area contributed by atoms with Crippen LogP contribution >= 0.6 is 50.5 Å². The molecule has 0 unspecified atom stereocenters. The molecular weight excluding hydrogens is 341 g/mol. The Morgan fingerprint density at radius 3 is 2.88 bits per heavy atom. The van der Waals surface area contributed by atoms with Gasteiger partial charge in [-0.2, -0.15) is 0 Å². The fourth-order valence-electron chi connectivity index (χ4n) is 1.43. The molecule has 0 fully saturated rings. The van der Waals surface area contributed by atoms with Crippen molar-refractivity contribution >= 4 is 50.5 Å². The highest BCUT2D eigenvalue weighted by molar-refractivity contribution is 9.10. The van der Waals surface area contributed by atoms with Crippen molar-refractivity contribution < 1.29 is 0 Å². The number of thiazole rings is 1. The average Bonchev–Trinajstić information content (AvgIpc) is 2.79. The Morgan fingerprint density at radius 1 is 1.35 bits per heavy atom. The number of aryl methyl sites for hydroxylation is 1. The quantitative estimate of drug-likeness (QED) is 0.673. The lowest BCUT2D eigenvalue weighted by Gasteiger charge is -1.99. The highest BCUT2D eigenvalue weighted by Crippen LogP contribution is 2.30. The number of hydrogen-bond acceptors (Lipinski definition) is 2. The molecule has 90 valence electrons. The standard InChI is InChI=1S/C12H10BrCl2NS/c13-10-6-8(3-4-11(10)15)12-16-9(7-17-12)2-1-5-14/h3-4,6-7H,1-2,5H2. The topological polar surface area (TPSA) is 12.9 Å². The van der Waals surface area contributed by atoms with E-state index < -0.39 is 0 Å². The lowest BCUT2D eigenvalue weighted by Crippen LogP contribution is -1.86. The second-order valence-electron chi connectivity index (χ2n) is 3.57. The maximum Gasteiger partial charge on any atom is 0.123 e. The van der Waals surface area contributed by atoms with Gasteiger partial charge in [-0.05, 0) is 40.9 Å². The second-order valence-corrected chi connectivity index (χ2v) is 6.06. The van der Waals surface area contributed by atoms with Crippen LogP contribution in [0.5, 0.6) is 0 Å². The third-order valence-corrected chi connectivity index (χ3v) is 4.71. The van der Waals surface area contributed by atoms with Gasteiger partial charge in [0.25, 0.3) is 0 Å². The normalized spacial score (nSPS) is 10.8. The van der Waals surface area contributed by atoms with Crippen molar-refractivity contribution in [1.82, 2.24) is 4.98 Å². The number of alkyl halides is 1. The summed E-state index contributed by atoms with van der Waals surface area (Å²) in [6.45, 7) is 0. The molecule has 0 aliphatic carbocycles. The summed E-state index contributed by atoms with van der Waals surface area (Å²) in [5.41, 5.74) is 2.19. The van der Waals surface area contributed by atoms with Crippen LogP contribution in [0.15, 0.2) is 28.1 Å². The summed E-state index contributed by atoms with van der Waals surface area (Å²) in [5, 5.41) is 3.82. The number of benzene rings is 1. The molecule has 2 aromatic rings. The SMILES string of the molecule is ClCCCc1csc(-c2ccc(Cl)c(Br)c2)n1. The molecule has 2 rings (SSSR count). The van der Waals surface area contributed by atoms with E-state index in [2.05, 4.69) is 26.3 Å². The van der Waals surface area contributed by atoms with E-state index in [1.54, 1.807) is 11.3 Å². The maximum absolute atomic E-state index is 5.96. The van der Waals surface area contributed by atoms with Gasteiger partial charge < -0.3 is 0 Å². The number of rotatable bonds is 4. The summed E-state index contributed by atoms with van der Waals surface area (Å²) in [5.74, 6) is 0.680. The van der Waals surface area contributed by atoms with Crippen molar-refractivity contribution in [3.05, 3.63) is 38.8 Å². The minimum atomic E-state index is 0.680. The van der Waals surface area contributed by atoms with E-state index in [4.69, 9.17) is 23.2 Å². The van der Waals surface area contributed by atoms with Crippen molar-refractivity contribution in [3.63, 3.8) is 0 Å². The lowest BCUT2D eigenvalue weighted by molar-refractivity contribution is 0.900. The van der Waals surface area contributed by atoms with Gasteiger partial charge >= 0.3 is 0 Å². The summed E-state index contributed by atoms with van der Waals surface area (Å²) >= 11 is 16.7. The first-order valence-corrected chi connectivity index (χ1v) is 7.75. The van der Waals surface area contributed by atoms with Crippen LogP contribution in [0.3, 0.4) is 0 Å². The average molecular weight is 351 g/mol. The number of aromatic nitrogens is 1. The summed E-state index contributed by atoms with van der Waals surface area (Å²) in [4.78, 5) is 4.58. The first-order valence-electron chi connectivity index (χ1n) is 5.16. The number of nitrogens with zero attached hydrogens (tertiary/aromatic N) is 1. The zero-order valence-corrected chi connectivity index (χ0v) is 12.8. The van der Waals surface area contributed by atoms with Crippen LogP contribution in [0.1, 0.15) is 12.1 Å². The molecule has 0 saturated heterocycles. The van der Waals surface area contributed by atoms with Gasteiger partial charge in [-0.15, -0.1) is 22.9 Å². The molecule has 0 amide bonds. The summed E-state index contributed by atoms with van der Waals surface area (Å²) in [6, 6.07) is 5.85. The van der Waals surface area contributed by atoms with Gasteiger partial charge in [0.05, 0.1) is 10.7 Å². The molecule has 0 radical (unpaired) electrons. The van der Waals surface area contributed by atoms with Crippen molar-refractivity contribution in [2.75, 3.05) is 5.88 Å². The van der Waals surface area contributed by atoms with E-state index in [1.165, 1.54) is 0 Å². The van der Waals surface area contributed by atoms with Gasteiger partial charge in [0.1, 0.15) is 5.01 Å². The lowest BCUT2D eigenvalue weighted by atomic mass is 10.2. The maximum atomic E-state index is 5.96. The Morgan fingerprint density at radius 2 is 2.18 bits per heavy atom. The Hall–Kier alpha value is -0.0900. The fourth-order valence-corrected chi connectivity index (χ4v) is 2.91. The Bertz CT molecular complexity index is 513. The van der Waals surface area contributed by atoms with Crippen LogP contribution in [-0.2, 0) is 6.42 Å². The molecule has 1 nitrogen and oxygen atoms in total. The highest BCUT2D eigenvalue weighted by atomic mass is 79.9. The minimum Gasteiger partial charge on any atom is -0.241 e. The number of halogens is 3. The minimum absolute atomic E-state index is 0.680. The summed E-state index contributed by atoms with van der Waals surface area (Å²) in [7, 11) is 0. The second kappa shape index (κ2) is 6.19. The van der Waals surface area contributed by atoms with Crippen molar-refractivity contribution in [2.24, 2.45) is 0 Å². The monoisotopic (exact) mass is 349 g/mol. The first kappa shape index (κ1) is 13.3. The van der Waals surface area contributed by atoms with Crippen LogP contribution in [0.25, 0.3) is 10.6 Å². The molecule has 0 saturated carbocycles. The van der Waals surface area contributed by atoms with Crippen molar-refractivity contribution in [1.29, 1.82) is 0 Å². The van der Waals surface area contributed by atoms with Gasteiger partial charge in [0.2, 0.25) is 0 Å². The van der Waals surface area contributed by atoms with Crippen LogP contribution in [-0.4, -0.2) is 10.9 Å². The van der Waals surface area contributed by atoms with E-state index >= 15 is 0 Å². The highest BCUT2D eigenvalue weighted by Gasteiger charge is 2.06. The molecule has 0 aliphatic heterocycles. The number of hydrogen-bond donors (Lipinski definition) is 0. The molecule has 5 heteroatoms. The zero-order valence-electron chi connectivity index (χ0n) is 8.92. The van der Waals surface area contributed by atoms with Crippen molar-refractivity contribution in [2.45, 2.75) is 12.8 Å². The Labute approximate surface area is 123 Å². The van der Waals surface area contributed by atoms with Crippen LogP contribution in [0.2, 0.25) is 5.02 Å². The van der Waals surface area contributed by atoms with Gasteiger partial charge in [-0.25, -0.2) is 4.98 Å². The molecule has 1 aromatic carbocycles. The van der Waals surface area contributed by atoms with Gasteiger partial charge in [-0.1, -0.05) is 17.7 Å². The van der Waals surface area contributed by atoms with Gasteiger partial charge in [0.15, 0.2) is 0 Å². The van der Waals surface area contributed by atoms with E-state index in [0.717, 1.165) is 33.6 Å². The van der Waals surface area contributed by atoms with Crippen LogP contribution in [0, 0.1) is 0 Å². The molecule has 0 N–H and O–H groups in total. The van der Waals surface area contributed by atoms with Crippen LogP contribution in [0.4, 0.5) is 0 Å². The molecular formula is C12H10BrCl2NS. The molecule has 0 spiro atoms. The van der Waals surface area contributed by atoms with E-state index in [-0.39, 0.29) is 0 Å². The molecule has 0 bridgehead atoms. The first-order chi connectivity index (χ1) is 8.20. The van der Waals surface area contributed by atoms with Crippen molar-refractivity contribution in [3.8, 4) is 10.6 Å². The third kappa shape index (κ3) is 3.44. The molecule has 0 atom stereocenters. The van der Waals surface area contributed by atoms with E-state index in [9.17, 15) is 0 Å². The third-order valence-electron chi connectivity index (χ3n) is 2.28. The Balaban J connectivity index is 2.21. The fraction of sp³-hybridized carbons (Fsp3) is 0.250. The van der Waals surface area contributed by atoms with Gasteiger partial charge in [-0.3, -0.25) is 0 Å². The Kier molecular flexibility index (Phi) is 4.86. The summed E-state index contributed by atoms with van der Waals surface area (Å²) in [6.07, 6.45) is 1.91. The largest absolute Gasteiger partial charge is 0.241 e. The molecule has 1 heterocycles. The van der Waals surface area contributed by atoms with Crippen LogP contribution < -0.4 is 0 Å². The van der Waals surface area contributed by atoms with E-state index in [1.807, 2.05) is 18.2 Å². The molecule has 1 aromatic heterocycles. The predicted octanol–water partition coefficient (Wildman–Crippen LogP) is 5.40. The van der Waals surface area contributed by atoms with Gasteiger partial charge in [0, 0.05) is 21.3 Å². The smallest absolute Gasteiger partial charge is 0.123 e. The van der Waals surface area contributed by atoms with E-state index in [0.29, 0.717) is 10.9 Å².